The smallest absolute Gasteiger partial charge is 0.416 e. The summed E-state index contributed by atoms with van der Waals surface area (Å²) in [6, 6.07) is 0.541. The van der Waals surface area contributed by atoms with Gasteiger partial charge in [-0.2, -0.15) is 13.2 Å². The molecule has 2 N–H and O–H groups in total. The third-order valence-electron chi connectivity index (χ3n) is 5.30. The van der Waals surface area contributed by atoms with Crippen molar-refractivity contribution in [3.05, 3.63) is 27.2 Å². The van der Waals surface area contributed by atoms with Crippen LogP contribution in [-0.2, 0) is 22.2 Å². The molecule has 1 atom stereocenters. The molecule has 0 spiro atoms. The molecule has 186 valence electrons. The molecule has 1 aliphatic heterocycles. The number of likely N-dealkylation sites (N-methyl/N-ethyl adjacent to an activating group) is 1. The van der Waals surface area contributed by atoms with Crippen LogP contribution in [0.5, 0.6) is 0 Å². The molecule has 0 radical (unpaired) electrons. The Balaban J connectivity index is 2.31. The Labute approximate surface area is 200 Å². The maximum atomic E-state index is 13.9. The van der Waals surface area contributed by atoms with Gasteiger partial charge in [0.25, 0.3) is 0 Å². The topological polar surface area (TPSA) is 85.1 Å². The van der Waals surface area contributed by atoms with E-state index >= 15 is 0 Å². The second-order valence-electron chi connectivity index (χ2n) is 9.02. The molecule has 0 aromatic heterocycles. The minimum Gasteiger partial charge on any atom is -0.462 e. The molecule has 0 bridgehead atoms. The summed E-state index contributed by atoms with van der Waals surface area (Å²) in [5, 5.41) is 0. The van der Waals surface area contributed by atoms with E-state index in [1.54, 1.807) is 34.7 Å². The van der Waals surface area contributed by atoms with Gasteiger partial charge in [0.15, 0.2) is 0 Å². The highest BCUT2D eigenvalue weighted by Gasteiger charge is 2.38. The van der Waals surface area contributed by atoms with Gasteiger partial charge in [-0.3, -0.25) is 4.90 Å². The molecule has 1 aromatic carbocycles. The molecule has 33 heavy (non-hydrogen) atoms. The van der Waals surface area contributed by atoms with Crippen molar-refractivity contribution >= 4 is 33.7 Å². The van der Waals surface area contributed by atoms with E-state index in [9.17, 15) is 22.8 Å². The number of hydrogen-bond acceptors (Lipinski definition) is 6. The van der Waals surface area contributed by atoms with Gasteiger partial charge >= 0.3 is 18.2 Å². The van der Waals surface area contributed by atoms with Crippen LogP contribution >= 0.6 is 15.9 Å². The highest BCUT2D eigenvalue weighted by molar-refractivity contribution is 9.10. The first kappa shape index (κ1) is 27.2. The lowest BCUT2D eigenvalue weighted by molar-refractivity contribution is -0.138. The van der Waals surface area contributed by atoms with E-state index in [0.717, 1.165) is 6.07 Å². The number of alkyl halides is 3. The number of esters is 1. The molecule has 0 saturated carbocycles. The van der Waals surface area contributed by atoms with E-state index in [0.29, 0.717) is 25.9 Å². The standard InChI is InChI=1S/C22H31BrF3N3O4/c1-6-32-19(30)14-10-16(22(24,25)26)15(17(23)18(14)27)12-29-9-7-8-13(11-29)28(5)20(31)33-21(2,3)4/h10,13H,6-9,11-12,27H2,1-5H3. The summed E-state index contributed by atoms with van der Waals surface area (Å²) in [6.45, 7) is 7.76. The number of hydrogen-bond donors (Lipinski definition) is 1. The lowest BCUT2D eigenvalue weighted by Crippen LogP contribution is -2.49. The zero-order valence-electron chi connectivity index (χ0n) is 19.5. The third kappa shape index (κ3) is 6.99. The van der Waals surface area contributed by atoms with Crippen molar-refractivity contribution in [2.45, 2.75) is 64.9 Å². The number of nitrogens with zero attached hydrogens (tertiary/aromatic N) is 2. The van der Waals surface area contributed by atoms with Gasteiger partial charge in [-0.1, -0.05) is 0 Å². The van der Waals surface area contributed by atoms with Gasteiger partial charge in [0.05, 0.1) is 23.4 Å². The number of halogens is 4. The summed E-state index contributed by atoms with van der Waals surface area (Å²) in [5.74, 6) is -0.912. The fraction of sp³-hybridized carbons (Fsp3) is 0.636. The monoisotopic (exact) mass is 537 g/mol. The first-order valence-electron chi connectivity index (χ1n) is 10.7. The Bertz CT molecular complexity index is 887. The molecule has 1 aromatic rings. The van der Waals surface area contributed by atoms with Gasteiger partial charge in [0.2, 0.25) is 0 Å². The maximum Gasteiger partial charge on any atom is 0.416 e. The van der Waals surface area contributed by atoms with Crippen LogP contribution in [0.2, 0.25) is 0 Å². The number of piperidine rings is 1. The predicted octanol–water partition coefficient (Wildman–Crippen LogP) is 5.06. The first-order valence-corrected chi connectivity index (χ1v) is 11.5. The number of benzene rings is 1. The highest BCUT2D eigenvalue weighted by Crippen LogP contribution is 2.40. The van der Waals surface area contributed by atoms with Gasteiger partial charge in [-0.05, 0) is 74.6 Å². The van der Waals surface area contributed by atoms with E-state index in [1.807, 2.05) is 4.90 Å². The van der Waals surface area contributed by atoms with Crippen molar-refractivity contribution < 1.29 is 32.2 Å². The quantitative estimate of drug-likeness (QED) is 0.417. The fourth-order valence-electron chi connectivity index (χ4n) is 3.69. The van der Waals surface area contributed by atoms with Crippen LogP contribution < -0.4 is 5.73 Å². The van der Waals surface area contributed by atoms with Gasteiger partial charge in [-0.25, -0.2) is 9.59 Å². The molecule has 1 fully saturated rings. The number of amides is 1. The lowest BCUT2D eigenvalue weighted by Gasteiger charge is -2.38. The number of ether oxygens (including phenoxy) is 2. The minimum absolute atomic E-state index is 0.0132. The van der Waals surface area contributed by atoms with Crippen molar-refractivity contribution in [3.63, 3.8) is 0 Å². The second-order valence-corrected chi connectivity index (χ2v) is 9.81. The minimum atomic E-state index is -4.70. The molecule has 1 amide bonds. The number of carbonyl (C=O) groups excluding carboxylic acids is 2. The van der Waals surface area contributed by atoms with Gasteiger partial charge in [-0.15, -0.1) is 0 Å². The molecule has 7 nitrogen and oxygen atoms in total. The summed E-state index contributed by atoms with van der Waals surface area (Å²) in [6.07, 6.45) is -3.76. The SMILES string of the molecule is CCOC(=O)c1cc(C(F)(F)F)c(CN2CCCC(N(C)C(=O)OC(C)(C)C)C2)c(Br)c1N. The number of anilines is 1. The molecule has 2 rings (SSSR count). The lowest BCUT2D eigenvalue weighted by atomic mass is 9.98. The normalized spacial score (nSPS) is 17.5. The van der Waals surface area contributed by atoms with Crippen LogP contribution in [-0.4, -0.2) is 60.2 Å². The number of nitrogen functional groups attached to an aromatic ring is 1. The molecular formula is C22H31BrF3N3O4. The van der Waals surface area contributed by atoms with Gasteiger partial charge in [0.1, 0.15) is 5.60 Å². The summed E-state index contributed by atoms with van der Waals surface area (Å²) in [4.78, 5) is 27.9. The average Bonchev–Trinajstić information content (AvgIpc) is 2.69. The summed E-state index contributed by atoms with van der Waals surface area (Å²) >= 11 is 3.18. The number of nitrogens with two attached hydrogens (primary N) is 1. The maximum absolute atomic E-state index is 13.9. The van der Waals surface area contributed by atoms with Gasteiger partial charge < -0.3 is 20.1 Å². The van der Waals surface area contributed by atoms with Crippen molar-refractivity contribution in [1.82, 2.24) is 9.80 Å². The average molecular weight is 538 g/mol. The molecule has 1 aliphatic rings. The molecule has 11 heteroatoms. The largest absolute Gasteiger partial charge is 0.462 e. The Morgan fingerprint density at radius 1 is 1.30 bits per heavy atom. The number of rotatable bonds is 5. The predicted molar refractivity (Wildman–Crippen MR) is 122 cm³/mol. The Morgan fingerprint density at radius 3 is 2.48 bits per heavy atom. The van der Waals surface area contributed by atoms with Crippen LogP contribution in [0.3, 0.4) is 0 Å². The van der Waals surface area contributed by atoms with E-state index in [2.05, 4.69) is 15.9 Å². The van der Waals surface area contributed by atoms with Gasteiger partial charge in [0, 0.05) is 30.7 Å². The van der Waals surface area contributed by atoms with E-state index in [1.165, 1.54) is 4.90 Å². The molecule has 1 saturated heterocycles. The van der Waals surface area contributed by atoms with Crippen molar-refractivity contribution in [1.29, 1.82) is 0 Å². The van der Waals surface area contributed by atoms with Crippen LogP contribution in [0.15, 0.2) is 10.5 Å². The van der Waals surface area contributed by atoms with Crippen LogP contribution in [0.4, 0.5) is 23.7 Å². The molecule has 1 unspecified atom stereocenters. The molecule has 1 heterocycles. The zero-order chi connectivity index (χ0) is 25.1. The van der Waals surface area contributed by atoms with Crippen molar-refractivity contribution in [2.75, 3.05) is 32.5 Å². The Hall–Kier alpha value is -2.01. The van der Waals surface area contributed by atoms with Crippen LogP contribution in [0, 0.1) is 0 Å². The van der Waals surface area contributed by atoms with E-state index in [4.69, 9.17) is 15.2 Å². The third-order valence-corrected chi connectivity index (χ3v) is 6.20. The Morgan fingerprint density at radius 2 is 1.94 bits per heavy atom. The fourth-order valence-corrected chi connectivity index (χ4v) is 4.24. The second kappa shape index (κ2) is 10.5. The van der Waals surface area contributed by atoms with Crippen LogP contribution in [0.1, 0.15) is 62.0 Å². The van der Waals surface area contributed by atoms with Crippen LogP contribution in [0.25, 0.3) is 0 Å². The van der Waals surface area contributed by atoms with Crippen molar-refractivity contribution in [3.8, 4) is 0 Å². The van der Waals surface area contributed by atoms with E-state index < -0.39 is 29.4 Å². The number of carbonyl (C=O) groups is 2. The van der Waals surface area contributed by atoms with Crippen molar-refractivity contribution in [2.24, 2.45) is 0 Å². The molecular weight excluding hydrogens is 507 g/mol. The zero-order valence-corrected chi connectivity index (χ0v) is 21.1. The summed E-state index contributed by atoms with van der Waals surface area (Å²) < 4.78 is 52.0. The Kier molecular flexibility index (Phi) is 8.67. The highest BCUT2D eigenvalue weighted by atomic mass is 79.9. The molecule has 0 aliphatic carbocycles. The van der Waals surface area contributed by atoms with E-state index in [-0.39, 0.29) is 40.5 Å². The summed E-state index contributed by atoms with van der Waals surface area (Å²) in [7, 11) is 1.63. The number of likely N-dealkylation sites (tertiary alicyclic amines) is 1. The first-order chi connectivity index (χ1) is 15.2. The summed E-state index contributed by atoms with van der Waals surface area (Å²) in [5.41, 5.74) is 3.91.